The van der Waals surface area contributed by atoms with Crippen LogP contribution in [-0.4, -0.2) is 24.2 Å². The van der Waals surface area contributed by atoms with Crippen LogP contribution in [0.1, 0.15) is 12.5 Å². The Morgan fingerprint density at radius 3 is 2.57 bits per heavy atom. The van der Waals surface area contributed by atoms with Gasteiger partial charge in [-0.3, -0.25) is 4.79 Å². The maximum atomic E-state index is 11.0. The Labute approximate surface area is 123 Å². The lowest BCUT2D eigenvalue weighted by Gasteiger charge is -2.43. The van der Waals surface area contributed by atoms with Crippen molar-refractivity contribution in [2.45, 2.75) is 6.92 Å². The van der Waals surface area contributed by atoms with Gasteiger partial charge in [0.1, 0.15) is 0 Å². The number of carbonyl (C=O) groups is 1. The lowest BCUT2D eigenvalue weighted by molar-refractivity contribution is -0.143. The second-order valence-electron chi connectivity index (χ2n) is 5.58. The number of nitrogens with zero attached hydrogens (tertiary/aromatic N) is 2. The SMILES string of the molecule is CC(C(=O)O)C1CN(c2ccc(C#N)c3ccccc23)C1. The molecule has 0 radical (unpaired) electrons. The molecule has 21 heavy (non-hydrogen) atoms. The molecule has 0 aliphatic carbocycles. The molecule has 1 saturated heterocycles. The minimum Gasteiger partial charge on any atom is -0.481 e. The fourth-order valence-electron chi connectivity index (χ4n) is 2.88. The summed E-state index contributed by atoms with van der Waals surface area (Å²) in [5.41, 5.74) is 1.75. The number of nitriles is 1. The van der Waals surface area contributed by atoms with E-state index in [9.17, 15) is 10.1 Å². The molecular formula is C17H16N2O2. The number of carboxylic acid groups (broad SMARTS) is 1. The first-order valence-electron chi connectivity index (χ1n) is 7.01. The summed E-state index contributed by atoms with van der Waals surface area (Å²) in [6.45, 7) is 3.27. The molecule has 1 aliphatic rings. The van der Waals surface area contributed by atoms with Crippen molar-refractivity contribution in [3.8, 4) is 6.07 Å². The van der Waals surface area contributed by atoms with E-state index in [2.05, 4.69) is 11.0 Å². The fourth-order valence-corrected chi connectivity index (χ4v) is 2.88. The lowest BCUT2D eigenvalue weighted by Crippen LogP contribution is -2.51. The van der Waals surface area contributed by atoms with E-state index in [1.807, 2.05) is 36.4 Å². The summed E-state index contributed by atoms with van der Waals surface area (Å²) in [7, 11) is 0. The predicted molar refractivity (Wildman–Crippen MR) is 81.2 cm³/mol. The summed E-state index contributed by atoms with van der Waals surface area (Å²) in [4.78, 5) is 13.2. The number of fused-ring (bicyclic) bond motifs is 1. The third kappa shape index (κ3) is 2.21. The number of carboxylic acids is 1. The molecule has 4 heteroatoms. The molecule has 1 unspecified atom stereocenters. The summed E-state index contributed by atoms with van der Waals surface area (Å²) >= 11 is 0. The molecule has 1 atom stereocenters. The molecule has 0 saturated carbocycles. The van der Waals surface area contributed by atoms with Crippen LogP contribution in [0.2, 0.25) is 0 Å². The minimum absolute atomic E-state index is 0.192. The van der Waals surface area contributed by atoms with Gasteiger partial charge in [0.15, 0.2) is 0 Å². The summed E-state index contributed by atoms with van der Waals surface area (Å²) in [6, 6.07) is 13.9. The van der Waals surface area contributed by atoms with Crippen LogP contribution in [0.4, 0.5) is 5.69 Å². The van der Waals surface area contributed by atoms with Gasteiger partial charge in [0, 0.05) is 35.5 Å². The van der Waals surface area contributed by atoms with E-state index >= 15 is 0 Å². The van der Waals surface area contributed by atoms with Crippen molar-refractivity contribution in [1.82, 2.24) is 0 Å². The maximum Gasteiger partial charge on any atom is 0.306 e. The van der Waals surface area contributed by atoms with Crippen molar-refractivity contribution in [3.05, 3.63) is 42.0 Å². The number of benzene rings is 2. The summed E-state index contributed by atoms with van der Waals surface area (Å²) < 4.78 is 0. The van der Waals surface area contributed by atoms with Gasteiger partial charge in [0.05, 0.1) is 17.6 Å². The average molecular weight is 280 g/mol. The van der Waals surface area contributed by atoms with E-state index in [-0.39, 0.29) is 11.8 Å². The highest BCUT2D eigenvalue weighted by Gasteiger charge is 2.35. The number of rotatable bonds is 3. The second kappa shape index (κ2) is 5.10. The van der Waals surface area contributed by atoms with Gasteiger partial charge in [-0.25, -0.2) is 0 Å². The normalized spacial score (nSPS) is 16.3. The topological polar surface area (TPSA) is 64.3 Å². The van der Waals surface area contributed by atoms with E-state index in [1.54, 1.807) is 6.92 Å². The van der Waals surface area contributed by atoms with Gasteiger partial charge in [-0.05, 0) is 12.1 Å². The van der Waals surface area contributed by atoms with Gasteiger partial charge in [0.2, 0.25) is 0 Å². The average Bonchev–Trinajstić information content (AvgIpc) is 2.45. The Morgan fingerprint density at radius 2 is 1.95 bits per heavy atom. The molecule has 1 heterocycles. The third-order valence-corrected chi connectivity index (χ3v) is 4.37. The first-order chi connectivity index (χ1) is 10.1. The van der Waals surface area contributed by atoms with Crippen LogP contribution in [0.3, 0.4) is 0 Å². The van der Waals surface area contributed by atoms with Gasteiger partial charge in [-0.15, -0.1) is 0 Å². The van der Waals surface area contributed by atoms with Crippen molar-refractivity contribution in [1.29, 1.82) is 5.26 Å². The first kappa shape index (κ1) is 13.4. The Hall–Kier alpha value is -2.54. The molecule has 0 amide bonds. The Balaban J connectivity index is 1.91. The van der Waals surface area contributed by atoms with Crippen LogP contribution in [-0.2, 0) is 4.79 Å². The van der Waals surface area contributed by atoms with Crippen molar-refractivity contribution in [3.63, 3.8) is 0 Å². The first-order valence-corrected chi connectivity index (χ1v) is 7.01. The van der Waals surface area contributed by atoms with Crippen LogP contribution in [0, 0.1) is 23.2 Å². The van der Waals surface area contributed by atoms with Gasteiger partial charge in [-0.2, -0.15) is 5.26 Å². The zero-order chi connectivity index (χ0) is 15.0. The Kier molecular flexibility index (Phi) is 3.26. The van der Waals surface area contributed by atoms with Crippen LogP contribution in [0.25, 0.3) is 10.8 Å². The van der Waals surface area contributed by atoms with E-state index in [0.29, 0.717) is 5.56 Å². The molecular weight excluding hydrogens is 264 g/mol. The van der Waals surface area contributed by atoms with Crippen molar-refractivity contribution in [2.24, 2.45) is 11.8 Å². The van der Waals surface area contributed by atoms with E-state index in [0.717, 1.165) is 29.5 Å². The molecule has 1 fully saturated rings. The maximum absolute atomic E-state index is 11.0. The highest BCUT2D eigenvalue weighted by Crippen LogP contribution is 2.35. The summed E-state index contributed by atoms with van der Waals surface area (Å²) in [6.07, 6.45) is 0. The van der Waals surface area contributed by atoms with Crippen LogP contribution < -0.4 is 4.90 Å². The van der Waals surface area contributed by atoms with Crippen molar-refractivity contribution >= 4 is 22.4 Å². The fraction of sp³-hybridized carbons (Fsp3) is 0.294. The highest BCUT2D eigenvalue weighted by molar-refractivity contribution is 5.98. The monoisotopic (exact) mass is 280 g/mol. The quantitative estimate of drug-likeness (QED) is 0.939. The van der Waals surface area contributed by atoms with Gasteiger partial charge < -0.3 is 10.0 Å². The second-order valence-corrected chi connectivity index (χ2v) is 5.58. The van der Waals surface area contributed by atoms with E-state index in [4.69, 9.17) is 5.11 Å². The molecule has 0 aromatic heterocycles. The number of hydrogen-bond acceptors (Lipinski definition) is 3. The van der Waals surface area contributed by atoms with Gasteiger partial charge in [0.25, 0.3) is 0 Å². The highest BCUT2D eigenvalue weighted by atomic mass is 16.4. The standard InChI is InChI=1S/C17H16N2O2/c1-11(17(20)21)13-9-19(10-13)16-7-6-12(8-18)14-4-2-3-5-15(14)16/h2-7,11,13H,9-10H2,1H3,(H,20,21). The number of anilines is 1. The van der Waals surface area contributed by atoms with E-state index in [1.165, 1.54) is 0 Å². The Morgan fingerprint density at radius 1 is 1.29 bits per heavy atom. The zero-order valence-corrected chi connectivity index (χ0v) is 11.8. The van der Waals surface area contributed by atoms with Gasteiger partial charge >= 0.3 is 5.97 Å². The molecule has 0 spiro atoms. The van der Waals surface area contributed by atoms with Crippen LogP contribution >= 0.6 is 0 Å². The molecule has 2 aromatic rings. The number of hydrogen-bond donors (Lipinski definition) is 1. The smallest absolute Gasteiger partial charge is 0.306 e. The lowest BCUT2D eigenvalue weighted by atomic mass is 9.86. The van der Waals surface area contributed by atoms with Crippen LogP contribution in [0.5, 0.6) is 0 Å². The number of aliphatic carboxylic acids is 1. The third-order valence-electron chi connectivity index (χ3n) is 4.37. The molecule has 0 bridgehead atoms. The van der Waals surface area contributed by atoms with E-state index < -0.39 is 5.97 Å². The van der Waals surface area contributed by atoms with Crippen molar-refractivity contribution in [2.75, 3.05) is 18.0 Å². The molecule has 2 aromatic carbocycles. The van der Waals surface area contributed by atoms with Crippen LogP contribution in [0.15, 0.2) is 36.4 Å². The molecule has 1 N–H and O–H groups in total. The predicted octanol–water partition coefficient (Wildman–Crippen LogP) is 2.87. The molecule has 1 aliphatic heterocycles. The molecule has 106 valence electrons. The zero-order valence-electron chi connectivity index (χ0n) is 11.8. The molecule has 3 rings (SSSR count). The largest absolute Gasteiger partial charge is 0.481 e. The minimum atomic E-state index is -0.732. The van der Waals surface area contributed by atoms with Gasteiger partial charge in [-0.1, -0.05) is 31.2 Å². The van der Waals surface area contributed by atoms with Crippen molar-refractivity contribution < 1.29 is 9.90 Å². The Bertz CT molecular complexity index is 742. The molecule has 4 nitrogen and oxygen atoms in total. The summed E-state index contributed by atoms with van der Waals surface area (Å²) in [5.74, 6) is -0.855. The summed E-state index contributed by atoms with van der Waals surface area (Å²) in [5, 5.41) is 20.2.